The van der Waals surface area contributed by atoms with Gasteiger partial charge in [0.2, 0.25) is 11.8 Å². The number of rotatable bonds is 11. The molecule has 0 aromatic heterocycles. The normalized spacial score (nSPS) is 24.7. The molecule has 2 aliphatic carbocycles. The van der Waals surface area contributed by atoms with Crippen molar-refractivity contribution in [3.63, 3.8) is 0 Å². The van der Waals surface area contributed by atoms with Gasteiger partial charge in [0.15, 0.2) is 0 Å². The van der Waals surface area contributed by atoms with E-state index in [9.17, 15) is 19.2 Å². The second-order valence-corrected chi connectivity index (χ2v) is 19.9. The molecule has 9 rings (SSSR count). The van der Waals surface area contributed by atoms with Gasteiger partial charge < -0.3 is 29.9 Å². The van der Waals surface area contributed by atoms with Crippen LogP contribution in [0.3, 0.4) is 0 Å². The molecule has 4 aliphatic heterocycles. The number of hydrogen-bond acceptors (Lipinski definition) is 8. The number of nitrogens with zero attached hydrogens (tertiary/aromatic N) is 4. The summed E-state index contributed by atoms with van der Waals surface area (Å²) in [7, 11) is 2.63. The van der Waals surface area contributed by atoms with Crippen molar-refractivity contribution in [3.8, 4) is 22.3 Å². The van der Waals surface area contributed by atoms with Gasteiger partial charge in [-0.2, -0.15) is 0 Å². The van der Waals surface area contributed by atoms with Crippen molar-refractivity contribution in [3.05, 3.63) is 95.2 Å². The Hall–Kier alpha value is -6.04. The number of methoxy groups -OCH3 is 2. The van der Waals surface area contributed by atoms with Gasteiger partial charge in [-0.1, -0.05) is 96.2 Å². The molecule has 0 radical (unpaired) electrons. The Kier molecular flexibility index (Phi) is 12.1. The van der Waals surface area contributed by atoms with Gasteiger partial charge in [0.25, 0.3) is 0 Å². The van der Waals surface area contributed by atoms with Crippen molar-refractivity contribution < 1.29 is 28.7 Å². The smallest absolute Gasteiger partial charge is 0.407 e. The fourth-order valence-electron chi connectivity index (χ4n) is 11.3. The lowest BCUT2D eigenvalue weighted by atomic mass is 9.83. The molecule has 0 saturated carbocycles. The lowest BCUT2D eigenvalue weighted by molar-refractivity contribution is -0.135. The number of aliphatic imine (C=N–C) groups is 2. The lowest BCUT2D eigenvalue weighted by Gasteiger charge is -2.31. The van der Waals surface area contributed by atoms with E-state index in [4.69, 9.17) is 19.5 Å². The summed E-state index contributed by atoms with van der Waals surface area (Å²) in [6, 6.07) is 18.5. The van der Waals surface area contributed by atoms with E-state index in [1.807, 2.05) is 43.7 Å². The van der Waals surface area contributed by atoms with E-state index >= 15 is 0 Å². The Morgan fingerprint density at radius 3 is 1.69 bits per heavy atom. The maximum Gasteiger partial charge on any atom is 0.407 e. The molecule has 2 fully saturated rings. The van der Waals surface area contributed by atoms with E-state index in [1.54, 1.807) is 0 Å². The summed E-state index contributed by atoms with van der Waals surface area (Å²) in [6.07, 6.45) is 9.64. The van der Waals surface area contributed by atoms with Gasteiger partial charge in [0, 0.05) is 55.4 Å². The highest BCUT2D eigenvalue weighted by Gasteiger charge is 2.43. The van der Waals surface area contributed by atoms with Gasteiger partial charge in [-0.15, -0.1) is 0 Å². The van der Waals surface area contributed by atoms with E-state index in [0.717, 1.165) is 47.5 Å². The maximum atomic E-state index is 14.0. The first-order valence-corrected chi connectivity index (χ1v) is 23.4. The monoisotopic (exact) mass is 878 g/mol. The van der Waals surface area contributed by atoms with E-state index in [2.05, 4.69) is 91.2 Å². The topological polar surface area (TPSA) is 142 Å². The van der Waals surface area contributed by atoms with Crippen LogP contribution < -0.4 is 10.6 Å². The van der Waals surface area contributed by atoms with Gasteiger partial charge in [0.1, 0.15) is 12.1 Å². The Morgan fingerprint density at radius 1 is 0.646 bits per heavy atom. The molecular weight excluding hydrogens is 817 g/mol. The summed E-state index contributed by atoms with van der Waals surface area (Å²) in [5.41, 5.74) is 14.1. The van der Waals surface area contributed by atoms with Crippen molar-refractivity contribution in [1.82, 2.24) is 20.4 Å². The van der Waals surface area contributed by atoms with Crippen LogP contribution in [0.2, 0.25) is 0 Å². The van der Waals surface area contributed by atoms with E-state index in [1.165, 1.54) is 53.2 Å². The number of amides is 4. The molecule has 2 unspecified atom stereocenters. The van der Waals surface area contributed by atoms with Gasteiger partial charge in [0.05, 0.1) is 32.0 Å². The van der Waals surface area contributed by atoms with Crippen LogP contribution in [0, 0.1) is 23.7 Å². The van der Waals surface area contributed by atoms with Crippen LogP contribution in [0.4, 0.5) is 15.3 Å². The lowest BCUT2D eigenvalue weighted by Crippen LogP contribution is -2.53. The molecule has 4 amide bonds. The van der Waals surface area contributed by atoms with Gasteiger partial charge in [-0.05, 0) is 105 Å². The Balaban J connectivity index is 0.908. The highest BCUT2D eigenvalue weighted by Crippen LogP contribution is 2.55. The van der Waals surface area contributed by atoms with Crippen molar-refractivity contribution >= 4 is 46.7 Å². The molecule has 65 heavy (non-hydrogen) atoms. The minimum absolute atomic E-state index is 0.0881. The summed E-state index contributed by atoms with van der Waals surface area (Å²) in [4.78, 5) is 66.0. The van der Waals surface area contributed by atoms with Crippen molar-refractivity contribution in [2.24, 2.45) is 33.7 Å². The minimum atomic E-state index is -0.674. The minimum Gasteiger partial charge on any atom is -0.453 e. The van der Waals surface area contributed by atoms with E-state index in [0.29, 0.717) is 49.6 Å². The molecule has 12 nitrogen and oxygen atoms in total. The molecule has 6 aliphatic rings. The summed E-state index contributed by atoms with van der Waals surface area (Å²) in [5, 5.41) is 5.53. The molecule has 12 heteroatoms. The fraction of sp³-hybridized carbons (Fsp3) is 0.472. The first-order valence-electron chi connectivity index (χ1n) is 23.4. The van der Waals surface area contributed by atoms with Crippen LogP contribution in [0.15, 0.2) is 82.9 Å². The molecule has 8 atom stereocenters. The number of carbonyl (C=O) groups excluding carboxylic acids is 4. The van der Waals surface area contributed by atoms with E-state index < -0.39 is 24.3 Å². The summed E-state index contributed by atoms with van der Waals surface area (Å²) in [5.74, 6) is 1.01. The summed E-state index contributed by atoms with van der Waals surface area (Å²) in [6.45, 7) is 13.3. The number of allylic oxidation sites excluding steroid dienone is 3. The second-order valence-electron chi connectivity index (χ2n) is 19.9. The first-order chi connectivity index (χ1) is 31.2. The Bertz CT molecular complexity index is 2540. The number of likely N-dealkylation sites (tertiary alicyclic amines) is 2. The standard InChI is InChI=1S/C53H62N6O6/c1-28(2)48(56-52(62)64-7)50(60)58-26-30(5)19-44(58)42-24-38(25-54-42)32-9-11-33(12-10-32)39-16-17-40(47-36-14-13-35(22-36)46(39)47)34-15-18-41-37(21-34)23-43(55-41)45-20-31(6)27-59(45)51(61)49(29(3)4)57-53(63)65-8/h9-18,21,25,28-31,35-36,44-45,48-49H,19-20,22-24,26-27H2,1-8H3,(H,56,62)(H,57,63)/t30-,31-,35?,36?,44-,45-,48-,49-/m0/s1. The number of nitrogens with one attached hydrogen (secondary N) is 2. The van der Waals surface area contributed by atoms with Crippen LogP contribution >= 0.6 is 0 Å². The van der Waals surface area contributed by atoms with Crippen molar-refractivity contribution in [2.75, 3.05) is 27.3 Å². The number of fused-ring (bicyclic) bond motifs is 6. The number of carbonyl (C=O) groups is 4. The average molecular weight is 879 g/mol. The third-order valence-electron chi connectivity index (χ3n) is 14.6. The molecule has 3 aromatic rings. The molecular formula is C53H62N6O6. The van der Waals surface area contributed by atoms with Crippen LogP contribution in [0.25, 0.3) is 27.8 Å². The number of ether oxygens (including phenoxy) is 2. The summed E-state index contributed by atoms with van der Waals surface area (Å²) >= 11 is 0. The number of hydrogen-bond donors (Lipinski definition) is 2. The van der Waals surface area contributed by atoms with Crippen molar-refractivity contribution in [2.45, 2.75) is 110 Å². The van der Waals surface area contributed by atoms with Gasteiger partial charge in [-0.3, -0.25) is 19.6 Å². The van der Waals surface area contributed by atoms with Gasteiger partial charge in [-0.25, -0.2) is 9.59 Å². The molecule has 4 heterocycles. The Labute approximate surface area is 382 Å². The van der Waals surface area contributed by atoms with Gasteiger partial charge >= 0.3 is 12.2 Å². The summed E-state index contributed by atoms with van der Waals surface area (Å²) < 4.78 is 9.68. The van der Waals surface area contributed by atoms with Crippen LogP contribution in [-0.4, -0.2) is 96.7 Å². The number of benzene rings is 3. The van der Waals surface area contributed by atoms with Crippen LogP contribution in [0.1, 0.15) is 101 Å². The highest BCUT2D eigenvalue weighted by atomic mass is 16.5. The average Bonchev–Trinajstić information content (AvgIpc) is 4.17. The van der Waals surface area contributed by atoms with Crippen molar-refractivity contribution in [1.29, 1.82) is 0 Å². The van der Waals surface area contributed by atoms with Crippen LogP contribution in [0.5, 0.6) is 0 Å². The molecule has 3 aromatic carbocycles. The second kappa shape index (κ2) is 17.7. The molecule has 2 saturated heterocycles. The molecule has 2 bridgehead atoms. The largest absolute Gasteiger partial charge is 0.453 e. The van der Waals surface area contributed by atoms with E-state index in [-0.39, 0.29) is 35.7 Å². The number of alkyl carbamates (subject to hydrolysis) is 2. The molecule has 2 N–H and O–H groups in total. The predicted molar refractivity (Wildman–Crippen MR) is 254 cm³/mol. The fourth-order valence-corrected chi connectivity index (χ4v) is 11.3. The quantitative estimate of drug-likeness (QED) is 0.184. The Morgan fingerprint density at radius 2 is 1.15 bits per heavy atom. The third-order valence-corrected chi connectivity index (χ3v) is 14.6. The SMILES string of the molecule is COC(=O)N[C@H](C(=O)N1C[C@@H](C)C[C@H]1C1=NC=C(c2ccc(-c3ccc(-c4ccc5c(c4)CC([C@@H]4C[C@H](C)CN4C(=O)[C@@H](NC(=O)OC)C(C)C)=N5)c4c3C3C=CC4C3)cc2)C1)C(C)C. The maximum absolute atomic E-state index is 14.0. The zero-order valence-electron chi connectivity index (χ0n) is 38.9. The molecule has 340 valence electrons. The first kappa shape index (κ1) is 44.2. The predicted octanol–water partition coefficient (Wildman–Crippen LogP) is 9.21. The molecule has 0 spiro atoms. The van der Waals surface area contributed by atoms with Crippen LogP contribution in [-0.2, 0) is 25.5 Å². The zero-order valence-corrected chi connectivity index (χ0v) is 38.9. The third kappa shape index (κ3) is 8.29. The zero-order chi connectivity index (χ0) is 45.8. The highest BCUT2D eigenvalue weighted by molar-refractivity contribution is 6.04.